The summed E-state index contributed by atoms with van der Waals surface area (Å²) in [6, 6.07) is 1.34. The van der Waals surface area contributed by atoms with Gasteiger partial charge in [0.15, 0.2) is 0 Å². The summed E-state index contributed by atoms with van der Waals surface area (Å²) in [5, 5.41) is 3.39. The normalized spacial score (nSPS) is 9.27. The first kappa shape index (κ1) is 7.55. The van der Waals surface area contributed by atoms with Crippen molar-refractivity contribution in [3.63, 3.8) is 0 Å². The van der Waals surface area contributed by atoms with E-state index in [-0.39, 0.29) is 11.6 Å². The number of hydrazine groups is 1. The first-order valence-electron chi connectivity index (χ1n) is 2.79. The Morgan fingerprint density at radius 1 is 1.91 bits per heavy atom. The molecule has 0 aromatic carbocycles. The third-order valence-corrected chi connectivity index (χ3v) is 1.05. The molecule has 0 aliphatic heterocycles. The van der Waals surface area contributed by atoms with Crippen LogP contribution < -0.4 is 16.0 Å². The van der Waals surface area contributed by atoms with E-state index < -0.39 is 5.91 Å². The summed E-state index contributed by atoms with van der Waals surface area (Å²) in [5.74, 6) is 4.54. The van der Waals surface area contributed by atoms with Gasteiger partial charge in [-0.25, -0.2) is 5.84 Å². The number of carbonyl (C=O) groups excluding carboxylic acids is 1. The fraction of sp³-hybridized carbons (Fsp3) is 0.200. The van der Waals surface area contributed by atoms with Crippen molar-refractivity contribution in [2.45, 2.75) is 0 Å². The van der Waals surface area contributed by atoms with E-state index in [1.165, 1.54) is 13.2 Å². The van der Waals surface area contributed by atoms with Crippen LogP contribution >= 0.6 is 0 Å². The van der Waals surface area contributed by atoms with E-state index in [1.54, 1.807) is 0 Å². The zero-order valence-corrected chi connectivity index (χ0v) is 5.83. The number of methoxy groups -OCH3 is 1. The zero-order valence-electron chi connectivity index (χ0n) is 5.83. The SMILES string of the molecule is COc1cc(C(=O)NN)on1. The van der Waals surface area contributed by atoms with Crippen LogP contribution in [0.25, 0.3) is 0 Å². The molecule has 1 rings (SSSR count). The number of ether oxygens (including phenoxy) is 1. The van der Waals surface area contributed by atoms with Gasteiger partial charge in [-0.2, -0.15) is 0 Å². The van der Waals surface area contributed by atoms with Gasteiger partial charge in [0, 0.05) is 0 Å². The van der Waals surface area contributed by atoms with Crippen LogP contribution in [-0.4, -0.2) is 18.2 Å². The van der Waals surface area contributed by atoms with Gasteiger partial charge < -0.3 is 9.26 Å². The number of nitrogens with two attached hydrogens (primary N) is 1. The number of carbonyl (C=O) groups is 1. The number of nitrogen functional groups attached to an aromatic ring is 1. The number of aromatic nitrogens is 1. The van der Waals surface area contributed by atoms with Crippen LogP contribution in [0, 0.1) is 0 Å². The predicted octanol–water partition coefficient (Wildman–Crippen LogP) is -0.713. The van der Waals surface area contributed by atoms with Gasteiger partial charge in [-0.3, -0.25) is 10.2 Å². The zero-order chi connectivity index (χ0) is 8.27. The smallest absolute Gasteiger partial charge is 0.303 e. The Bertz CT molecular complexity index is 257. The summed E-state index contributed by atoms with van der Waals surface area (Å²) in [6.07, 6.45) is 0. The van der Waals surface area contributed by atoms with Crippen LogP contribution in [0.4, 0.5) is 0 Å². The molecule has 0 fully saturated rings. The fourth-order valence-electron chi connectivity index (χ4n) is 0.533. The molecule has 11 heavy (non-hydrogen) atoms. The minimum absolute atomic E-state index is 0.0179. The number of amides is 1. The molecule has 1 aromatic heterocycles. The van der Waals surface area contributed by atoms with Crippen LogP contribution in [0.1, 0.15) is 10.6 Å². The first-order chi connectivity index (χ1) is 5.27. The summed E-state index contributed by atoms with van der Waals surface area (Å²) in [7, 11) is 1.42. The molecule has 0 saturated carbocycles. The summed E-state index contributed by atoms with van der Waals surface area (Å²) >= 11 is 0. The summed E-state index contributed by atoms with van der Waals surface area (Å²) < 4.78 is 9.20. The average molecular weight is 157 g/mol. The monoisotopic (exact) mass is 157 g/mol. The van der Waals surface area contributed by atoms with E-state index in [9.17, 15) is 4.79 Å². The van der Waals surface area contributed by atoms with Crippen LogP contribution in [-0.2, 0) is 0 Å². The highest BCUT2D eigenvalue weighted by molar-refractivity contribution is 5.91. The minimum atomic E-state index is -0.541. The molecule has 60 valence electrons. The topological polar surface area (TPSA) is 90.4 Å². The number of hydrogen-bond acceptors (Lipinski definition) is 5. The van der Waals surface area contributed by atoms with Gasteiger partial charge in [-0.05, 0) is 5.16 Å². The second-order valence-electron chi connectivity index (χ2n) is 1.71. The van der Waals surface area contributed by atoms with Gasteiger partial charge in [0.1, 0.15) is 0 Å². The van der Waals surface area contributed by atoms with E-state index in [1.807, 2.05) is 5.43 Å². The van der Waals surface area contributed by atoms with Crippen LogP contribution in [0.3, 0.4) is 0 Å². The Labute approximate surface area is 62.3 Å². The Morgan fingerprint density at radius 2 is 2.64 bits per heavy atom. The third-order valence-electron chi connectivity index (χ3n) is 1.05. The third kappa shape index (κ3) is 1.47. The van der Waals surface area contributed by atoms with Crippen molar-refractivity contribution >= 4 is 5.91 Å². The molecule has 0 radical (unpaired) electrons. The van der Waals surface area contributed by atoms with Crippen molar-refractivity contribution in [3.8, 4) is 5.88 Å². The predicted molar refractivity (Wildman–Crippen MR) is 34.7 cm³/mol. The minimum Gasteiger partial charge on any atom is -0.479 e. The van der Waals surface area contributed by atoms with E-state index in [0.29, 0.717) is 0 Å². The van der Waals surface area contributed by atoms with Crippen molar-refractivity contribution in [1.29, 1.82) is 0 Å². The first-order valence-corrected chi connectivity index (χ1v) is 2.79. The fourth-order valence-corrected chi connectivity index (χ4v) is 0.533. The van der Waals surface area contributed by atoms with Crippen molar-refractivity contribution < 1.29 is 14.1 Å². The standard InChI is InChI=1S/C5H7N3O3/c1-10-4-2-3(11-8-4)5(9)7-6/h2H,6H2,1H3,(H,7,9). The van der Waals surface area contributed by atoms with E-state index >= 15 is 0 Å². The molecule has 0 aliphatic rings. The maximum atomic E-state index is 10.7. The van der Waals surface area contributed by atoms with Gasteiger partial charge in [0.05, 0.1) is 13.2 Å². The van der Waals surface area contributed by atoms with E-state index in [0.717, 1.165) is 0 Å². The summed E-state index contributed by atoms with van der Waals surface area (Å²) in [4.78, 5) is 10.7. The molecule has 0 saturated heterocycles. The number of nitrogens with zero attached hydrogens (tertiary/aromatic N) is 1. The van der Waals surface area contributed by atoms with Gasteiger partial charge in [0.2, 0.25) is 5.76 Å². The number of hydrogen-bond donors (Lipinski definition) is 2. The van der Waals surface area contributed by atoms with Gasteiger partial charge in [-0.1, -0.05) is 0 Å². The molecular formula is C5H7N3O3. The lowest BCUT2D eigenvalue weighted by atomic mass is 10.4. The Kier molecular flexibility index (Phi) is 2.07. The molecule has 0 bridgehead atoms. The molecule has 6 heteroatoms. The van der Waals surface area contributed by atoms with E-state index in [2.05, 4.69) is 14.4 Å². The molecule has 0 unspecified atom stereocenters. The van der Waals surface area contributed by atoms with Crippen molar-refractivity contribution in [2.75, 3.05) is 7.11 Å². The van der Waals surface area contributed by atoms with Crippen molar-refractivity contribution in [3.05, 3.63) is 11.8 Å². The van der Waals surface area contributed by atoms with E-state index in [4.69, 9.17) is 5.84 Å². The highest BCUT2D eigenvalue weighted by atomic mass is 16.5. The maximum absolute atomic E-state index is 10.7. The Balaban J connectivity index is 2.80. The lowest BCUT2D eigenvalue weighted by molar-refractivity contribution is 0.0916. The lowest BCUT2D eigenvalue weighted by Crippen LogP contribution is -2.29. The van der Waals surface area contributed by atoms with Crippen LogP contribution in [0.2, 0.25) is 0 Å². The van der Waals surface area contributed by atoms with Crippen LogP contribution in [0.5, 0.6) is 5.88 Å². The summed E-state index contributed by atoms with van der Waals surface area (Å²) in [6.45, 7) is 0. The lowest BCUT2D eigenvalue weighted by Gasteiger charge is -1.88. The number of nitrogens with one attached hydrogen (secondary N) is 1. The molecule has 1 heterocycles. The van der Waals surface area contributed by atoms with Crippen LogP contribution in [0.15, 0.2) is 10.6 Å². The molecular weight excluding hydrogens is 150 g/mol. The number of rotatable bonds is 2. The molecule has 0 aliphatic carbocycles. The largest absolute Gasteiger partial charge is 0.479 e. The maximum Gasteiger partial charge on any atom is 0.303 e. The highest BCUT2D eigenvalue weighted by Gasteiger charge is 2.10. The molecule has 0 atom stereocenters. The highest BCUT2D eigenvalue weighted by Crippen LogP contribution is 2.09. The quantitative estimate of drug-likeness (QED) is 0.336. The van der Waals surface area contributed by atoms with Crippen molar-refractivity contribution in [2.24, 2.45) is 5.84 Å². The van der Waals surface area contributed by atoms with Gasteiger partial charge >= 0.3 is 5.91 Å². The van der Waals surface area contributed by atoms with Crippen molar-refractivity contribution in [1.82, 2.24) is 10.6 Å². The molecule has 1 amide bonds. The molecule has 6 nitrogen and oxygen atoms in total. The average Bonchev–Trinajstić information content (AvgIpc) is 2.50. The molecule has 3 N–H and O–H groups in total. The molecule has 0 spiro atoms. The second kappa shape index (κ2) is 3.02. The molecule has 1 aromatic rings. The Morgan fingerprint density at radius 3 is 3.09 bits per heavy atom. The second-order valence-corrected chi connectivity index (χ2v) is 1.71. The van der Waals surface area contributed by atoms with Gasteiger partial charge in [-0.15, -0.1) is 0 Å². The Hall–Kier alpha value is -1.56. The summed E-state index contributed by atoms with van der Waals surface area (Å²) in [5.41, 5.74) is 1.89. The van der Waals surface area contributed by atoms with Gasteiger partial charge in [0.25, 0.3) is 5.88 Å².